The molecule has 1 saturated heterocycles. The van der Waals surface area contributed by atoms with Gasteiger partial charge in [0, 0.05) is 17.7 Å². The number of hydrogen-bond donors (Lipinski definition) is 2. The molecule has 0 saturated carbocycles. The summed E-state index contributed by atoms with van der Waals surface area (Å²) in [6.07, 6.45) is 0. The van der Waals surface area contributed by atoms with Gasteiger partial charge in [0.05, 0.1) is 19.4 Å². The molecule has 0 aromatic heterocycles. The Morgan fingerprint density at radius 2 is 1.91 bits per heavy atom. The number of oxime groups is 1. The van der Waals surface area contributed by atoms with Crippen molar-refractivity contribution in [2.75, 3.05) is 20.8 Å². The molecular weight excluding hydrogens is 424 g/mol. The second kappa shape index (κ2) is 8.67. The van der Waals surface area contributed by atoms with Gasteiger partial charge in [0.2, 0.25) is 5.54 Å². The lowest BCUT2D eigenvalue weighted by Gasteiger charge is -2.26. The van der Waals surface area contributed by atoms with E-state index in [-0.39, 0.29) is 12.5 Å². The van der Waals surface area contributed by atoms with E-state index in [0.717, 1.165) is 11.1 Å². The minimum absolute atomic E-state index is 0.0922. The van der Waals surface area contributed by atoms with Gasteiger partial charge in [-0.3, -0.25) is 14.9 Å². The number of benzene rings is 2. The molecule has 4 rings (SSSR count). The molecular formula is C24H22N4O5. The van der Waals surface area contributed by atoms with Crippen LogP contribution in [0, 0.1) is 11.8 Å². The molecule has 9 nitrogen and oxygen atoms in total. The molecule has 168 valence electrons. The number of carbonyl (C=O) groups is 3. The Labute approximate surface area is 190 Å². The van der Waals surface area contributed by atoms with Gasteiger partial charge >= 0.3 is 6.03 Å². The molecule has 2 aromatic carbocycles. The molecule has 0 unspecified atom stereocenters. The van der Waals surface area contributed by atoms with Gasteiger partial charge in [0.1, 0.15) is 12.9 Å². The zero-order valence-electron chi connectivity index (χ0n) is 18.4. The van der Waals surface area contributed by atoms with Gasteiger partial charge in [-0.2, -0.15) is 0 Å². The van der Waals surface area contributed by atoms with Crippen molar-refractivity contribution in [3.63, 3.8) is 0 Å². The number of methoxy groups -OCH3 is 1. The summed E-state index contributed by atoms with van der Waals surface area (Å²) in [4.78, 5) is 43.9. The Hall–Kier alpha value is -4.32. The van der Waals surface area contributed by atoms with Gasteiger partial charge in [-0.15, -0.1) is 0 Å². The lowest BCUT2D eigenvalue weighted by atomic mass is 9.98. The first-order valence-electron chi connectivity index (χ1n) is 10.2. The van der Waals surface area contributed by atoms with E-state index in [0.29, 0.717) is 29.1 Å². The SMILES string of the molecule is CON=C(C)c1ccc(C#C[C@]2(CN3Cc4ccc(OC)cc4C3=O)NC(=O)NC2=O)cc1. The summed E-state index contributed by atoms with van der Waals surface area (Å²) in [5.74, 6) is 5.56. The topological polar surface area (TPSA) is 109 Å². The summed E-state index contributed by atoms with van der Waals surface area (Å²) >= 11 is 0. The first-order chi connectivity index (χ1) is 15.8. The number of nitrogens with one attached hydrogen (secondary N) is 2. The fraction of sp³-hybridized carbons (Fsp3) is 0.250. The molecule has 4 amide bonds. The molecule has 2 aliphatic rings. The largest absolute Gasteiger partial charge is 0.497 e. The minimum atomic E-state index is -1.56. The Balaban J connectivity index is 1.60. The molecule has 2 aliphatic heterocycles. The van der Waals surface area contributed by atoms with E-state index in [9.17, 15) is 14.4 Å². The number of nitrogens with zero attached hydrogens (tertiary/aromatic N) is 2. The number of carbonyl (C=O) groups excluding carboxylic acids is 3. The van der Waals surface area contributed by atoms with Crippen LogP contribution in [-0.4, -0.2) is 54.8 Å². The quantitative estimate of drug-likeness (QED) is 0.314. The Kier molecular flexibility index (Phi) is 5.75. The molecule has 0 spiro atoms. The van der Waals surface area contributed by atoms with Gasteiger partial charge < -0.3 is 19.8 Å². The van der Waals surface area contributed by atoms with Crippen molar-refractivity contribution in [3.05, 3.63) is 64.7 Å². The number of amides is 4. The molecule has 2 N–H and O–H groups in total. The van der Waals surface area contributed by atoms with Crippen LogP contribution in [0.25, 0.3) is 0 Å². The summed E-state index contributed by atoms with van der Waals surface area (Å²) in [7, 11) is 3.00. The van der Waals surface area contributed by atoms with Crippen molar-refractivity contribution in [2.45, 2.75) is 19.0 Å². The highest BCUT2D eigenvalue weighted by Crippen LogP contribution is 2.28. The van der Waals surface area contributed by atoms with Gasteiger partial charge in [-0.1, -0.05) is 35.2 Å². The van der Waals surface area contributed by atoms with Crippen LogP contribution >= 0.6 is 0 Å². The van der Waals surface area contributed by atoms with Crippen molar-refractivity contribution >= 4 is 23.6 Å². The molecule has 9 heteroatoms. The third-order valence-corrected chi connectivity index (χ3v) is 5.52. The number of hydrogen-bond acceptors (Lipinski definition) is 6. The van der Waals surface area contributed by atoms with Crippen LogP contribution in [0.1, 0.15) is 34.0 Å². The lowest BCUT2D eigenvalue weighted by Crippen LogP contribution is -2.54. The monoisotopic (exact) mass is 446 g/mol. The van der Waals surface area contributed by atoms with E-state index < -0.39 is 17.5 Å². The average Bonchev–Trinajstić information content (AvgIpc) is 3.27. The third-order valence-electron chi connectivity index (χ3n) is 5.52. The smallest absolute Gasteiger partial charge is 0.323 e. The lowest BCUT2D eigenvalue weighted by molar-refractivity contribution is -0.122. The van der Waals surface area contributed by atoms with Gasteiger partial charge in [0.15, 0.2) is 0 Å². The second-order valence-corrected chi connectivity index (χ2v) is 7.68. The molecule has 2 heterocycles. The summed E-state index contributed by atoms with van der Waals surface area (Å²) in [5, 5.41) is 8.72. The molecule has 0 aliphatic carbocycles. The van der Waals surface area contributed by atoms with Crippen LogP contribution in [0.3, 0.4) is 0 Å². The highest BCUT2D eigenvalue weighted by atomic mass is 16.6. The van der Waals surface area contributed by atoms with Gasteiger partial charge in [-0.25, -0.2) is 4.79 Å². The van der Waals surface area contributed by atoms with E-state index in [4.69, 9.17) is 9.57 Å². The van der Waals surface area contributed by atoms with Crippen molar-refractivity contribution in [1.29, 1.82) is 0 Å². The van der Waals surface area contributed by atoms with E-state index in [1.165, 1.54) is 19.1 Å². The first-order valence-corrected chi connectivity index (χ1v) is 10.2. The zero-order valence-corrected chi connectivity index (χ0v) is 18.4. The van der Waals surface area contributed by atoms with E-state index >= 15 is 0 Å². The van der Waals surface area contributed by atoms with Gasteiger partial charge in [-0.05, 0) is 42.3 Å². The van der Waals surface area contributed by atoms with Gasteiger partial charge in [0.25, 0.3) is 11.8 Å². The molecule has 0 bridgehead atoms. The van der Waals surface area contributed by atoms with Crippen LogP contribution < -0.4 is 15.4 Å². The van der Waals surface area contributed by atoms with Crippen molar-refractivity contribution in [3.8, 4) is 17.6 Å². The Bertz CT molecular complexity index is 1230. The van der Waals surface area contributed by atoms with E-state index in [2.05, 4.69) is 27.6 Å². The fourth-order valence-corrected chi connectivity index (χ4v) is 3.78. The van der Waals surface area contributed by atoms with E-state index in [1.807, 2.05) is 25.1 Å². The van der Waals surface area contributed by atoms with Crippen LogP contribution in [-0.2, 0) is 16.2 Å². The predicted molar refractivity (Wildman–Crippen MR) is 120 cm³/mol. The highest BCUT2D eigenvalue weighted by molar-refractivity contribution is 6.10. The van der Waals surface area contributed by atoms with Crippen molar-refractivity contribution < 1.29 is 24.0 Å². The molecule has 33 heavy (non-hydrogen) atoms. The third kappa shape index (κ3) is 4.23. The summed E-state index contributed by atoms with van der Waals surface area (Å²) in [5.41, 5.74) is 1.96. The molecule has 0 radical (unpaired) electrons. The summed E-state index contributed by atoms with van der Waals surface area (Å²) in [6, 6.07) is 11.8. The van der Waals surface area contributed by atoms with Crippen LogP contribution in [0.2, 0.25) is 0 Å². The fourth-order valence-electron chi connectivity index (χ4n) is 3.78. The number of imide groups is 1. The maximum atomic E-state index is 13.0. The first kappa shape index (κ1) is 21.9. The molecule has 1 fully saturated rings. The van der Waals surface area contributed by atoms with Crippen LogP contribution in [0.5, 0.6) is 5.75 Å². The zero-order chi connectivity index (χ0) is 23.6. The maximum absolute atomic E-state index is 13.0. The Morgan fingerprint density at radius 1 is 1.15 bits per heavy atom. The van der Waals surface area contributed by atoms with Crippen LogP contribution in [0.4, 0.5) is 4.79 Å². The predicted octanol–water partition coefficient (Wildman–Crippen LogP) is 1.65. The standard InChI is InChI=1S/C24H22N4O5/c1-15(27-33-3)17-6-4-16(5-7-17)10-11-24(22(30)25-23(31)26-24)14-28-13-18-8-9-19(32-2)12-20(18)21(28)29/h4-9,12H,13-14H2,1-3H3,(H2,25,26,30,31)/t24-/m1/s1. The normalized spacial score (nSPS) is 19.4. The number of ether oxygens (including phenoxy) is 1. The summed E-state index contributed by atoms with van der Waals surface area (Å²) < 4.78 is 5.20. The maximum Gasteiger partial charge on any atom is 0.323 e. The number of urea groups is 1. The number of rotatable bonds is 5. The molecule has 1 atom stereocenters. The Morgan fingerprint density at radius 3 is 2.55 bits per heavy atom. The number of fused-ring (bicyclic) bond motifs is 1. The van der Waals surface area contributed by atoms with Crippen LogP contribution in [0.15, 0.2) is 47.6 Å². The highest BCUT2D eigenvalue weighted by Gasteiger charge is 2.48. The van der Waals surface area contributed by atoms with E-state index in [1.54, 1.807) is 24.3 Å². The summed E-state index contributed by atoms with van der Waals surface area (Å²) in [6.45, 7) is 2.03. The average molecular weight is 446 g/mol. The molecule has 2 aromatic rings. The second-order valence-electron chi connectivity index (χ2n) is 7.68. The minimum Gasteiger partial charge on any atom is -0.497 e. The van der Waals surface area contributed by atoms with Crippen molar-refractivity contribution in [2.24, 2.45) is 5.16 Å². The van der Waals surface area contributed by atoms with Crippen molar-refractivity contribution in [1.82, 2.24) is 15.5 Å².